The van der Waals surface area contributed by atoms with Crippen molar-refractivity contribution in [1.29, 1.82) is 0 Å². The average molecular weight is 351 g/mol. The molecule has 0 bridgehead atoms. The van der Waals surface area contributed by atoms with Crippen LogP contribution >= 0.6 is 34.8 Å². The average Bonchev–Trinajstić information content (AvgIpc) is 2.45. The Labute approximate surface area is 137 Å². The number of rotatable bonds is 2. The van der Waals surface area contributed by atoms with Crippen LogP contribution in [0.25, 0.3) is 0 Å². The maximum absolute atomic E-state index is 11.9. The number of amides is 1. The van der Waals surface area contributed by atoms with Crippen molar-refractivity contribution < 1.29 is 14.3 Å². The number of hydrogen-bond acceptors (Lipinski definition) is 3. The third kappa shape index (κ3) is 3.62. The number of fused-ring (bicyclic) bond motifs is 1. The van der Waals surface area contributed by atoms with Crippen molar-refractivity contribution in [2.24, 2.45) is 0 Å². The van der Waals surface area contributed by atoms with E-state index in [-0.39, 0.29) is 6.04 Å². The molecule has 114 valence electrons. The molecule has 1 aliphatic carbocycles. The van der Waals surface area contributed by atoms with Gasteiger partial charge in [-0.1, -0.05) is 46.9 Å². The first kappa shape index (κ1) is 16.4. The molecule has 0 aliphatic heterocycles. The zero-order valence-electron chi connectivity index (χ0n) is 11.3. The largest absolute Gasteiger partial charge is 0.465 e. The Bertz CT molecular complexity index is 569. The maximum atomic E-state index is 11.9. The summed E-state index contributed by atoms with van der Waals surface area (Å²) < 4.78 is 2.76. The molecule has 0 saturated heterocycles. The Kier molecular flexibility index (Phi) is 5.02. The highest BCUT2D eigenvalue weighted by atomic mass is 35.6. The van der Waals surface area contributed by atoms with Crippen molar-refractivity contribution in [3.8, 4) is 0 Å². The lowest BCUT2D eigenvalue weighted by Gasteiger charge is -2.29. The lowest BCUT2D eigenvalue weighted by atomic mass is 9.84. The molecule has 0 radical (unpaired) electrons. The van der Waals surface area contributed by atoms with Crippen molar-refractivity contribution >= 4 is 46.7 Å². The molecule has 0 fully saturated rings. The van der Waals surface area contributed by atoms with E-state index in [9.17, 15) is 9.59 Å². The normalized spacial score (nSPS) is 17.8. The number of aryl methyl sites for hydroxylation is 1. The summed E-state index contributed by atoms with van der Waals surface area (Å²) in [5, 5.41) is 2.69. The van der Waals surface area contributed by atoms with Gasteiger partial charge in [-0.05, 0) is 36.5 Å². The Hall–Kier alpha value is -0.970. The molecular weight excluding hydrogens is 337 g/mol. The molecule has 1 aromatic carbocycles. The summed E-state index contributed by atoms with van der Waals surface area (Å²) in [6.07, 6.45) is 2.39. The Morgan fingerprint density at radius 2 is 2.05 bits per heavy atom. The molecular formula is C14H14Cl3NO3. The molecule has 2 rings (SSSR count). The molecule has 0 saturated carbocycles. The summed E-state index contributed by atoms with van der Waals surface area (Å²) >= 11 is 16.8. The van der Waals surface area contributed by atoms with Crippen LogP contribution < -0.4 is 5.32 Å². The van der Waals surface area contributed by atoms with Crippen LogP contribution in [0.5, 0.6) is 0 Å². The number of benzene rings is 1. The van der Waals surface area contributed by atoms with Gasteiger partial charge in [-0.3, -0.25) is 4.79 Å². The fourth-order valence-corrected chi connectivity index (χ4v) is 2.72. The topological polar surface area (TPSA) is 55.4 Å². The highest BCUT2D eigenvalue weighted by Crippen LogP contribution is 2.34. The second-order valence-corrected chi connectivity index (χ2v) is 7.07. The first-order valence-corrected chi connectivity index (χ1v) is 7.55. The van der Waals surface area contributed by atoms with Gasteiger partial charge in [0.2, 0.25) is 0 Å². The van der Waals surface area contributed by atoms with Crippen LogP contribution in [-0.2, 0) is 16.0 Å². The van der Waals surface area contributed by atoms with Crippen LogP contribution in [0.2, 0.25) is 0 Å². The second kappa shape index (κ2) is 6.42. The van der Waals surface area contributed by atoms with Crippen molar-refractivity contribution in [3.63, 3.8) is 0 Å². The van der Waals surface area contributed by atoms with Gasteiger partial charge in [0, 0.05) is 0 Å². The Morgan fingerprint density at radius 3 is 2.67 bits per heavy atom. The number of ether oxygens (including phenoxy) is 1. The highest BCUT2D eigenvalue weighted by Gasteiger charge is 2.35. The lowest BCUT2D eigenvalue weighted by molar-refractivity contribution is -0.121. The molecule has 0 heterocycles. The summed E-state index contributed by atoms with van der Waals surface area (Å²) in [5.74, 6) is -1.15. The van der Waals surface area contributed by atoms with Gasteiger partial charge in [0.1, 0.15) is 0 Å². The number of alkyl halides is 3. The molecule has 1 unspecified atom stereocenters. The first-order valence-electron chi connectivity index (χ1n) is 6.42. The molecule has 0 spiro atoms. The van der Waals surface area contributed by atoms with E-state index in [2.05, 4.69) is 5.32 Å². The van der Waals surface area contributed by atoms with E-state index in [1.165, 1.54) is 7.11 Å². The Morgan fingerprint density at radius 1 is 1.33 bits per heavy atom. The molecule has 1 aliphatic rings. The van der Waals surface area contributed by atoms with Crippen LogP contribution in [0.15, 0.2) is 18.2 Å². The lowest BCUT2D eigenvalue weighted by Crippen LogP contribution is -2.39. The summed E-state index contributed by atoms with van der Waals surface area (Å²) in [4.78, 5) is 23.8. The number of nitrogens with one attached hydrogen (secondary N) is 1. The summed E-state index contributed by atoms with van der Waals surface area (Å²) in [6, 6.07) is 5.02. The van der Waals surface area contributed by atoms with Crippen LogP contribution in [0.4, 0.5) is 0 Å². The third-order valence-corrected chi connectivity index (χ3v) is 3.97. The summed E-state index contributed by atoms with van der Waals surface area (Å²) in [5.41, 5.74) is 2.18. The van der Waals surface area contributed by atoms with Gasteiger partial charge < -0.3 is 10.1 Å². The summed E-state index contributed by atoms with van der Waals surface area (Å²) in [7, 11) is 1.32. The minimum absolute atomic E-state index is 0.368. The molecule has 1 aromatic rings. The second-order valence-electron chi connectivity index (χ2n) is 4.79. The van der Waals surface area contributed by atoms with Crippen LogP contribution in [0.1, 0.15) is 40.4 Å². The number of halogens is 3. The van der Waals surface area contributed by atoms with Gasteiger partial charge in [0.05, 0.1) is 18.7 Å². The molecule has 4 nitrogen and oxygen atoms in total. The van der Waals surface area contributed by atoms with Gasteiger partial charge in [-0.2, -0.15) is 0 Å². The van der Waals surface area contributed by atoms with E-state index >= 15 is 0 Å². The fourth-order valence-electron chi connectivity index (χ4n) is 2.56. The van der Waals surface area contributed by atoms with E-state index in [1.807, 2.05) is 6.07 Å². The Balaban J connectivity index is 2.38. The van der Waals surface area contributed by atoms with E-state index in [0.717, 1.165) is 24.0 Å². The van der Waals surface area contributed by atoms with Crippen molar-refractivity contribution in [3.05, 3.63) is 34.9 Å². The molecule has 1 amide bonds. The van der Waals surface area contributed by atoms with Gasteiger partial charge in [-0.25, -0.2) is 4.79 Å². The number of carbonyl (C=O) groups is 2. The number of hydrogen-bond donors (Lipinski definition) is 1. The zero-order valence-corrected chi connectivity index (χ0v) is 13.6. The fraction of sp³-hybridized carbons (Fsp3) is 0.429. The van der Waals surface area contributed by atoms with Gasteiger partial charge >= 0.3 is 5.97 Å². The zero-order chi connectivity index (χ0) is 15.6. The van der Waals surface area contributed by atoms with Crippen LogP contribution in [0.3, 0.4) is 0 Å². The van der Waals surface area contributed by atoms with Crippen molar-refractivity contribution in [2.45, 2.75) is 29.1 Å². The van der Waals surface area contributed by atoms with Crippen LogP contribution in [-0.4, -0.2) is 22.8 Å². The van der Waals surface area contributed by atoms with Crippen molar-refractivity contribution in [2.75, 3.05) is 7.11 Å². The van der Waals surface area contributed by atoms with Crippen molar-refractivity contribution in [1.82, 2.24) is 5.32 Å². The SMILES string of the molecule is COC(=O)c1cccc2c1C(NC(=O)C(Cl)(Cl)Cl)CCC2. The maximum Gasteiger partial charge on any atom is 0.338 e. The minimum Gasteiger partial charge on any atom is -0.465 e. The third-order valence-electron chi connectivity index (χ3n) is 3.45. The molecule has 1 atom stereocenters. The smallest absolute Gasteiger partial charge is 0.338 e. The van der Waals surface area contributed by atoms with E-state index in [1.54, 1.807) is 12.1 Å². The van der Waals surface area contributed by atoms with Crippen LogP contribution in [0, 0.1) is 0 Å². The number of methoxy groups -OCH3 is 1. The molecule has 0 aromatic heterocycles. The molecule has 1 N–H and O–H groups in total. The molecule has 21 heavy (non-hydrogen) atoms. The van der Waals surface area contributed by atoms with E-state index in [0.29, 0.717) is 12.0 Å². The monoisotopic (exact) mass is 349 g/mol. The standard InChI is InChI=1S/C14H14Cl3NO3/c1-21-12(19)9-6-2-4-8-5-3-7-10(11(8)9)18-13(20)14(15,16)17/h2,4,6,10H,3,5,7H2,1H3,(H,18,20). The highest BCUT2D eigenvalue weighted by molar-refractivity contribution is 6.76. The van der Waals surface area contributed by atoms with E-state index < -0.39 is 15.7 Å². The predicted molar refractivity (Wildman–Crippen MR) is 81.9 cm³/mol. The molecule has 7 heteroatoms. The quantitative estimate of drug-likeness (QED) is 0.657. The first-order chi connectivity index (χ1) is 9.84. The predicted octanol–water partition coefficient (Wildman–Crippen LogP) is 3.34. The minimum atomic E-state index is -2.03. The van der Waals surface area contributed by atoms with Gasteiger partial charge in [0.25, 0.3) is 9.70 Å². The van der Waals surface area contributed by atoms with E-state index in [4.69, 9.17) is 39.5 Å². The van der Waals surface area contributed by atoms with Gasteiger partial charge in [-0.15, -0.1) is 0 Å². The number of esters is 1. The number of carbonyl (C=O) groups excluding carboxylic acids is 2. The summed E-state index contributed by atoms with van der Waals surface area (Å²) in [6.45, 7) is 0. The van der Waals surface area contributed by atoms with Gasteiger partial charge in [0.15, 0.2) is 0 Å².